The molecular weight excluding hydrogens is 225 g/mol. The number of aromatic nitrogens is 2. The Bertz CT molecular complexity index is 373. The normalized spacial score (nSPS) is 13.8. The highest BCUT2D eigenvalue weighted by Gasteiger charge is 2.28. The Morgan fingerprint density at radius 2 is 2.25 bits per heavy atom. The van der Waals surface area contributed by atoms with E-state index in [-0.39, 0.29) is 6.42 Å². The van der Waals surface area contributed by atoms with Crippen molar-refractivity contribution in [3.63, 3.8) is 0 Å². The van der Waals surface area contributed by atoms with Gasteiger partial charge in [-0.3, -0.25) is 9.48 Å². The summed E-state index contributed by atoms with van der Waals surface area (Å²) >= 11 is 0. The van der Waals surface area contributed by atoms with E-state index in [1.165, 1.54) is 19.3 Å². The lowest BCUT2D eigenvalue weighted by molar-refractivity contribution is -0.143. The number of hydrogen-bond donors (Lipinski definition) is 1. The molecule has 0 spiro atoms. The van der Waals surface area contributed by atoms with Crippen LogP contribution in [-0.2, 0) is 17.8 Å². The molecule has 0 unspecified atom stereocenters. The summed E-state index contributed by atoms with van der Waals surface area (Å²) in [5, 5.41) is 12.1. The molecule has 90 valence electrons. The second-order valence-electron chi connectivity index (χ2n) is 3.60. The van der Waals surface area contributed by atoms with Gasteiger partial charge in [-0.15, -0.1) is 0 Å². The zero-order chi connectivity index (χ0) is 12.3. The number of carboxylic acid groups (broad SMARTS) is 1. The lowest BCUT2D eigenvalue weighted by Gasteiger charge is -2.05. The molecule has 1 rings (SSSR count). The van der Waals surface area contributed by atoms with Crippen molar-refractivity contribution < 1.29 is 23.1 Å². The monoisotopic (exact) mass is 236 g/mol. The molecule has 16 heavy (non-hydrogen) atoms. The van der Waals surface area contributed by atoms with Crippen LogP contribution >= 0.6 is 0 Å². The molecule has 0 aliphatic rings. The van der Waals surface area contributed by atoms with E-state index in [0.717, 1.165) is 4.68 Å². The molecule has 1 aromatic rings. The molecule has 1 heterocycles. The Morgan fingerprint density at radius 1 is 1.62 bits per heavy atom. The predicted molar refractivity (Wildman–Crippen MR) is 48.8 cm³/mol. The van der Waals surface area contributed by atoms with Gasteiger partial charge in [0.2, 0.25) is 0 Å². The van der Waals surface area contributed by atoms with Crippen molar-refractivity contribution in [3.8, 4) is 0 Å². The van der Waals surface area contributed by atoms with Gasteiger partial charge in [-0.05, 0) is 12.0 Å². The topological polar surface area (TPSA) is 55.1 Å². The van der Waals surface area contributed by atoms with Crippen LogP contribution in [0.2, 0.25) is 0 Å². The van der Waals surface area contributed by atoms with E-state index in [2.05, 4.69) is 5.10 Å². The lowest BCUT2D eigenvalue weighted by atomic mass is 10.0. The van der Waals surface area contributed by atoms with Crippen molar-refractivity contribution in [3.05, 3.63) is 18.0 Å². The Morgan fingerprint density at radius 3 is 2.75 bits per heavy atom. The zero-order valence-corrected chi connectivity index (χ0v) is 8.53. The largest absolute Gasteiger partial charge is 0.481 e. The predicted octanol–water partition coefficient (Wildman–Crippen LogP) is 1.71. The van der Waals surface area contributed by atoms with Crippen LogP contribution in [0.15, 0.2) is 12.4 Å². The van der Waals surface area contributed by atoms with Crippen LogP contribution < -0.4 is 0 Å². The first-order chi connectivity index (χ1) is 7.28. The summed E-state index contributed by atoms with van der Waals surface area (Å²) in [6.45, 7) is 0.331. The number of alkyl halides is 3. The van der Waals surface area contributed by atoms with Gasteiger partial charge in [0.15, 0.2) is 0 Å². The fraction of sp³-hybridized carbons (Fsp3) is 0.556. The van der Waals surface area contributed by atoms with Gasteiger partial charge in [-0.25, -0.2) is 0 Å². The van der Waals surface area contributed by atoms with Gasteiger partial charge in [0.25, 0.3) is 0 Å². The Kier molecular flexibility index (Phi) is 3.56. The van der Waals surface area contributed by atoms with E-state index in [4.69, 9.17) is 5.11 Å². The van der Waals surface area contributed by atoms with Crippen molar-refractivity contribution in [2.24, 2.45) is 5.92 Å². The summed E-state index contributed by atoms with van der Waals surface area (Å²) in [6.07, 6.45) is -1.67. The van der Waals surface area contributed by atoms with E-state index >= 15 is 0 Å². The van der Waals surface area contributed by atoms with Gasteiger partial charge in [0.1, 0.15) is 6.54 Å². The summed E-state index contributed by atoms with van der Waals surface area (Å²) in [5.74, 6) is -1.62. The summed E-state index contributed by atoms with van der Waals surface area (Å²) in [4.78, 5) is 10.5. The number of carboxylic acids is 1. The highest BCUT2D eigenvalue weighted by atomic mass is 19.4. The van der Waals surface area contributed by atoms with Crippen molar-refractivity contribution in [2.45, 2.75) is 26.1 Å². The van der Waals surface area contributed by atoms with Gasteiger partial charge in [-0.2, -0.15) is 18.3 Å². The molecule has 7 heteroatoms. The van der Waals surface area contributed by atoms with Crippen molar-refractivity contribution >= 4 is 5.97 Å². The summed E-state index contributed by atoms with van der Waals surface area (Å²) in [5.41, 5.74) is 0.485. The molecule has 0 amide bonds. The average Bonchev–Trinajstić information content (AvgIpc) is 2.49. The maximum absolute atomic E-state index is 12.0. The average molecular weight is 236 g/mol. The molecule has 0 bridgehead atoms. The minimum Gasteiger partial charge on any atom is -0.481 e. The number of hydrogen-bond acceptors (Lipinski definition) is 2. The van der Waals surface area contributed by atoms with Gasteiger partial charge in [0.05, 0.1) is 12.1 Å². The van der Waals surface area contributed by atoms with Crippen LogP contribution in [-0.4, -0.2) is 27.0 Å². The van der Waals surface area contributed by atoms with Gasteiger partial charge in [-0.1, -0.05) is 6.92 Å². The molecule has 4 nitrogen and oxygen atoms in total. The highest BCUT2D eigenvalue weighted by Crippen LogP contribution is 2.17. The molecule has 0 aromatic carbocycles. The molecule has 0 fully saturated rings. The minimum atomic E-state index is -4.32. The maximum atomic E-state index is 12.0. The zero-order valence-electron chi connectivity index (χ0n) is 8.53. The molecule has 1 N–H and O–H groups in total. The third kappa shape index (κ3) is 3.92. The fourth-order valence-electron chi connectivity index (χ4n) is 1.22. The number of halogens is 3. The summed E-state index contributed by atoms with van der Waals surface area (Å²) in [7, 11) is 0. The second-order valence-corrected chi connectivity index (χ2v) is 3.60. The van der Waals surface area contributed by atoms with Crippen molar-refractivity contribution in [1.82, 2.24) is 9.78 Å². The Hall–Kier alpha value is -1.53. The van der Waals surface area contributed by atoms with E-state index in [1.54, 1.807) is 0 Å². The van der Waals surface area contributed by atoms with Crippen LogP contribution in [0.25, 0.3) is 0 Å². The molecule has 0 aliphatic heterocycles. The summed E-state index contributed by atoms with van der Waals surface area (Å²) in [6, 6.07) is 0. The van der Waals surface area contributed by atoms with Crippen LogP contribution in [0.1, 0.15) is 12.5 Å². The van der Waals surface area contributed by atoms with Crippen LogP contribution in [0, 0.1) is 5.92 Å². The van der Waals surface area contributed by atoms with Gasteiger partial charge >= 0.3 is 12.1 Å². The molecule has 1 atom stereocenters. The smallest absolute Gasteiger partial charge is 0.408 e. The lowest BCUT2D eigenvalue weighted by Crippen LogP contribution is -2.18. The highest BCUT2D eigenvalue weighted by molar-refractivity contribution is 5.69. The van der Waals surface area contributed by atoms with Crippen LogP contribution in [0.3, 0.4) is 0 Å². The first-order valence-corrected chi connectivity index (χ1v) is 4.59. The summed E-state index contributed by atoms with van der Waals surface area (Å²) < 4.78 is 36.7. The first kappa shape index (κ1) is 12.5. The maximum Gasteiger partial charge on any atom is 0.408 e. The second kappa shape index (κ2) is 4.54. The number of rotatable bonds is 4. The SMILES string of the molecule is C[C@@H](Cc1cnn(CC(F)(F)F)c1)C(=O)O. The van der Waals surface area contributed by atoms with E-state index in [0.29, 0.717) is 5.56 Å². The molecule has 0 aliphatic carbocycles. The van der Waals surface area contributed by atoms with E-state index in [9.17, 15) is 18.0 Å². The standard InChI is InChI=1S/C9H11F3N2O2/c1-6(8(15)16)2-7-3-13-14(4-7)5-9(10,11)12/h3-4,6H,2,5H2,1H3,(H,15,16)/t6-/m0/s1. The Balaban J connectivity index is 2.62. The third-order valence-corrected chi connectivity index (χ3v) is 1.99. The molecule has 1 aromatic heterocycles. The van der Waals surface area contributed by atoms with Crippen LogP contribution in [0.4, 0.5) is 13.2 Å². The minimum absolute atomic E-state index is 0.174. The number of aliphatic carboxylic acids is 1. The first-order valence-electron chi connectivity index (χ1n) is 4.59. The Labute approximate surface area is 89.7 Å². The van der Waals surface area contributed by atoms with Gasteiger partial charge in [0, 0.05) is 6.20 Å². The van der Waals surface area contributed by atoms with E-state index < -0.39 is 24.6 Å². The molecule has 0 saturated heterocycles. The van der Waals surface area contributed by atoms with Crippen molar-refractivity contribution in [2.75, 3.05) is 0 Å². The quantitative estimate of drug-likeness (QED) is 0.865. The van der Waals surface area contributed by atoms with Crippen molar-refractivity contribution in [1.29, 1.82) is 0 Å². The van der Waals surface area contributed by atoms with E-state index in [1.807, 2.05) is 0 Å². The third-order valence-electron chi connectivity index (χ3n) is 1.99. The fourth-order valence-corrected chi connectivity index (χ4v) is 1.22. The molecule has 0 saturated carbocycles. The molecule has 0 radical (unpaired) electrons. The molecular formula is C9H11F3N2O2. The number of carbonyl (C=O) groups is 1. The van der Waals surface area contributed by atoms with Crippen LogP contribution in [0.5, 0.6) is 0 Å². The number of nitrogens with zero attached hydrogens (tertiary/aromatic N) is 2. The van der Waals surface area contributed by atoms with Gasteiger partial charge < -0.3 is 5.11 Å².